The SMILES string of the molecule is C.Cc1cc(F)c2c(c1)nc(NC(=O)C[C@@](C)(O)C(F)(F)F)n2C1CCC1. The smallest absolute Gasteiger partial charge is 0.380 e. The Morgan fingerprint density at radius 2 is 2.00 bits per heavy atom. The van der Waals surface area contributed by atoms with Crippen molar-refractivity contribution in [3.05, 3.63) is 23.5 Å². The Morgan fingerprint density at radius 1 is 1.37 bits per heavy atom. The predicted molar refractivity (Wildman–Crippen MR) is 94.0 cm³/mol. The average molecular weight is 389 g/mol. The minimum atomic E-state index is -4.94. The predicted octanol–water partition coefficient (Wildman–Crippen LogP) is 4.49. The van der Waals surface area contributed by atoms with E-state index in [1.807, 2.05) is 0 Å². The fraction of sp³-hybridized carbons (Fsp3) is 0.556. The van der Waals surface area contributed by atoms with E-state index in [0.717, 1.165) is 19.3 Å². The van der Waals surface area contributed by atoms with E-state index >= 15 is 0 Å². The molecule has 27 heavy (non-hydrogen) atoms. The van der Waals surface area contributed by atoms with Gasteiger partial charge in [0, 0.05) is 6.04 Å². The van der Waals surface area contributed by atoms with Gasteiger partial charge in [-0.05, 0) is 50.8 Å². The molecule has 0 bridgehead atoms. The van der Waals surface area contributed by atoms with Gasteiger partial charge in [0.25, 0.3) is 0 Å². The number of hydrogen-bond donors (Lipinski definition) is 2. The molecule has 1 aliphatic carbocycles. The lowest BCUT2D eigenvalue weighted by molar-refractivity contribution is -0.252. The van der Waals surface area contributed by atoms with Gasteiger partial charge >= 0.3 is 6.18 Å². The maximum absolute atomic E-state index is 14.4. The van der Waals surface area contributed by atoms with E-state index in [0.29, 0.717) is 18.0 Å². The highest BCUT2D eigenvalue weighted by Crippen LogP contribution is 2.38. The van der Waals surface area contributed by atoms with Crippen LogP contribution in [0.1, 0.15) is 51.6 Å². The van der Waals surface area contributed by atoms with E-state index in [9.17, 15) is 27.5 Å². The fourth-order valence-electron chi connectivity index (χ4n) is 2.98. The lowest BCUT2D eigenvalue weighted by Gasteiger charge is -2.29. The van der Waals surface area contributed by atoms with Crippen LogP contribution >= 0.6 is 0 Å². The zero-order valence-corrected chi connectivity index (χ0v) is 14.3. The Morgan fingerprint density at radius 3 is 2.52 bits per heavy atom. The lowest BCUT2D eigenvalue weighted by atomic mass is 9.92. The second-order valence-corrected chi connectivity index (χ2v) is 7.00. The van der Waals surface area contributed by atoms with Crippen LogP contribution in [0.15, 0.2) is 12.1 Å². The Labute approximate surface area is 154 Å². The standard InChI is InChI=1S/C17H19F4N3O2.CH4/c1-9-6-11(18)14-12(7-9)22-15(24(14)10-4-3-5-10)23-13(25)8-16(2,26)17(19,20)21;/h6-7,10,26H,3-5,8H2,1-2H3,(H,22,23,25);1H4/t16-;/m1./s1. The number of nitrogens with zero attached hydrogens (tertiary/aromatic N) is 2. The van der Waals surface area contributed by atoms with Gasteiger partial charge in [-0.15, -0.1) is 0 Å². The topological polar surface area (TPSA) is 67.2 Å². The Balaban J connectivity index is 0.00000261. The summed E-state index contributed by atoms with van der Waals surface area (Å²) < 4.78 is 54.3. The number of aromatic nitrogens is 2. The van der Waals surface area contributed by atoms with Crippen LogP contribution in [0, 0.1) is 12.7 Å². The first-order valence-corrected chi connectivity index (χ1v) is 8.26. The summed E-state index contributed by atoms with van der Waals surface area (Å²) in [6.45, 7) is 2.23. The van der Waals surface area contributed by atoms with Crippen LogP contribution in [0.25, 0.3) is 11.0 Å². The lowest BCUT2D eigenvalue weighted by Crippen LogP contribution is -2.45. The van der Waals surface area contributed by atoms with Crippen molar-refractivity contribution < 1.29 is 27.5 Å². The van der Waals surface area contributed by atoms with Crippen molar-refractivity contribution in [2.75, 3.05) is 5.32 Å². The second-order valence-electron chi connectivity index (χ2n) is 7.00. The third-order valence-electron chi connectivity index (χ3n) is 4.69. The summed E-state index contributed by atoms with van der Waals surface area (Å²) in [6, 6.07) is 2.92. The van der Waals surface area contributed by atoms with Crippen LogP contribution < -0.4 is 5.32 Å². The number of nitrogens with one attached hydrogen (secondary N) is 1. The summed E-state index contributed by atoms with van der Waals surface area (Å²) in [5.41, 5.74) is -1.97. The summed E-state index contributed by atoms with van der Waals surface area (Å²) in [4.78, 5) is 16.3. The molecule has 1 atom stereocenters. The molecule has 150 valence electrons. The van der Waals surface area contributed by atoms with Gasteiger partial charge in [0.15, 0.2) is 5.60 Å². The third kappa shape index (κ3) is 3.92. The molecule has 0 saturated heterocycles. The highest BCUT2D eigenvalue weighted by atomic mass is 19.4. The molecule has 2 aromatic rings. The van der Waals surface area contributed by atoms with Crippen molar-refractivity contribution in [3.8, 4) is 0 Å². The number of fused-ring (bicyclic) bond motifs is 1. The maximum Gasteiger partial charge on any atom is 0.417 e. The van der Waals surface area contributed by atoms with Crippen LogP contribution in [-0.2, 0) is 4.79 Å². The minimum Gasteiger partial charge on any atom is -0.380 e. The number of amides is 1. The monoisotopic (exact) mass is 389 g/mol. The first kappa shape index (κ1) is 21.1. The number of hydrogen-bond acceptors (Lipinski definition) is 3. The molecule has 0 aliphatic heterocycles. The molecule has 2 N–H and O–H groups in total. The van der Waals surface area contributed by atoms with E-state index in [1.54, 1.807) is 13.0 Å². The molecule has 1 fully saturated rings. The van der Waals surface area contributed by atoms with Crippen molar-refractivity contribution in [2.24, 2.45) is 0 Å². The molecule has 1 saturated carbocycles. The van der Waals surface area contributed by atoms with Gasteiger partial charge in [-0.3, -0.25) is 10.1 Å². The molecule has 0 spiro atoms. The molecular weight excluding hydrogens is 366 g/mol. The van der Waals surface area contributed by atoms with Crippen LogP contribution in [0.2, 0.25) is 0 Å². The molecule has 5 nitrogen and oxygen atoms in total. The Bertz CT molecular complexity index is 854. The van der Waals surface area contributed by atoms with Gasteiger partial charge in [0.1, 0.15) is 11.3 Å². The van der Waals surface area contributed by atoms with E-state index < -0.39 is 29.9 Å². The number of rotatable bonds is 4. The van der Waals surface area contributed by atoms with Crippen molar-refractivity contribution >= 4 is 22.9 Å². The van der Waals surface area contributed by atoms with Crippen molar-refractivity contribution in [2.45, 2.75) is 64.8 Å². The van der Waals surface area contributed by atoms with Gasteiger partial charge in [0.2, 0.25) is 11.9 Å². The molecule has 1 aliphatic rings. The quantitative estimate of drug-likeness (QED) is 0.758. The average Bonchev–Trinajstić information content (AvgIpc) is 2.72. The number of carbonyl (C=O) groups is 1. The summed E-state index contributed by atoms with van der Waals surface area (Å²) in [5, 5.41) is 11.8. The van der Waals surface area contributed by atoms with Crippen LogP contribution in [-0.4, -0.2) is 32.3 Å². The molecule has 1 amide bonds. The van der Waals surface area contributed by atoms with E-state index in [-0.39, 0.29) is 24.9 Å². The summed E-state index contributed by atoms with van der Waals surface area (Å²) in [7, 11) is 0. The van der Waals surface area contributed by atoms with Gasteiger partial charge in [-0.25, -0.2) is 9.37 Å². The molecule has 1 aromatic heterocycles. The van der Waals surface area contributed by atoms with Gasteiger partial charge < -0.3 is 9.67 Å². The molecular formula is C18H23F4N3O2. The van der Waals surface area contributed by atoms with Crippen molar-refractivity contribution in [1.29, 1.82) is 0 Å². The largest absolute Gasteiger partial charge is 0.417 e. The number of aryl methyl sites for hydroxylation is 1. The molecule has 1 aromatic carbocycles. The summed E-state index contributed by atoms with van der Waals surface area (Å²) in [5.74, 6) is -1.54. The van der Waals surface area contributed by atoms with E-state index in [2.05, 4.69) is 10.3 Å². The number of benzene rings is 1. The van der Waals surface area contributed by atoms with Crippen LogP contribution in [0.3, 0.4) is 0 Å². The number of aliphatic hydroxyl groups is 1. The van der Waals surface area contributed by atoms with Gasteiger partial charge in [-0.1, -0.05) is 7.43 Å². The highest BCUT2D eigenvalue weighted by molar-refractivity contribution is 5.92. The number of anilines is 1. The van der Waals surface area contributed by atoms with E-state index in [4.69, 9.17) is 0 Å². The first-order chi connectivity index (χ1) is 12.0. The van der Waals surface area contributed by atoms with Crippen LogP contribution in [0.4, 0.5) is 23.5 Å². The molecule has 1 heterocycles. The Kier molecular flexibility index (Phi) is 5.56. The number of halogens is 4. The molecule has 0 unspecified atom stereocenters. The third-order valence-corrected chi connectivity index (χ3v) is 4.69. The highest BCUT2D eigenvalue weighted by Gasteiger charge is 2.51. The normalized spacial score (nSPS) is 17.1. The summed E-state index contributed by atoms with van der Waals surface area (Å²) >= 11 is 0. The Hall–Kier alpha value is -2.16. The van der Waals surface area contributed by atoms with Gasteiger partial charge in [0.05, 0.1) is 11.9 Å². The van der Waals surface area contributed by atoms with Crippen molar-refractivity contribution in [3.63, 3.8) is 0 Å². The minimum absolute atomic E-state index is 0. The maximum atomic E-state index is 14.4. The van der Waals surface area contributed by atoms with Gasteiger partial charge in [-0.2, -0.15) is 13.2 Å². The first-order valence-electron chi connectivity index (χ1n) is 8.26. The van der Waals surface area contributed by atoms with Crippen LogP contribution in [0.5, 0.6) is 0 Å². The molecule has 0 radical (unpaired) electrons. The zero-order valence-electron chi connectivity index (χ0n) is 14.3. The summed E-state index contributed by atoms with van der Waals surface area (Å²) in [6.07, 6.45) is -3.65. The number of imidazole rings is 1. The van der Waals surface area contributed by atoms with Crippen molar-refractivity contribution in [1.82, 2.24) is 9.55 Å². The van der Waals surface area contributed by atoms with E-state index in [1.165, 1.54) is 10.6 Å². The zero-order chi connectivity index (χ0) is 19.3. The number of alkyl halides is 3. The number of carbonyl (C=O) groups excluding carboxylic acids is 1. The molecule has 3 rings (SSSR count). The fourth-order valence-corrected chi connectivity index (χ4v) is 2.98. The second kappa shape index (κ2) is 7.10. The molecule has 9 heteroatoms.